The quantitative estimate of drug-likeness (QED) is 0.494. The van der Waals surface area contributed by atoms with Crippen LogP contribution in [0.5, 0.6) is 0 Å². The summed E-state index contributed by atoms with van der Waals surface area (Å²) in [5.74, 6) is -0.383. The number of carbonyl (C=O) groups excluding carboxylic acids is 1. The minimum atomic E-state index is -3.92. The van der Waals surface area contributed by atoms with Crippen LogP contribution in [-0.2, 0) is 14.8 Å². The summed E-state index contributed by atoms with van der Waals surface area (Å²) in [5.41, 5.74) is 2.91. The maximum absolute atomic E-state index is 13.6. The van der Waals surface area contributed by atoms with Crippen molar-refractivity contribution in [3.63, 3.8) is 0 Å². The predicted octanol–water partition coefficient (Wildman–Crippen LogP) is 5.39. The average molecular weight is 446 g/mol. The van der Waals surface area contributed by atoms with Gasteiger partial charge in [-0.05, 0) is 55.3 Å². The van der Waals surface area contributed by atoms with Gasteiger partial charge >= 0.3 is 5.97 Å². The molecule has 32 heavy (non-hydrogen) atoms. The maximum atomic E-state index is 13.6. The molecule has 1 aliphatic rings. The molecule has 4 rings (SSSR count). The first-order valence-electron chi connectivity index (χ1n) is 10.2. The number of hydrogen-bond acceptors (Lipinski definition) is 4. The highest BCUT2D eigenvalue weighted by Gasteiger charge is 2.34. The summed E-state index contributed by atoms with van der Waals surface area (Å²) < 4.78 is 34.1. The fraction of sp³-hybridized carbons (Fsp3) is 0.115. The molecule has 0 amide bonds. The summed E-state index contributed by atoms with van der Waals surface area (Å²) in [6.45, 7) is 3.73. The zero-order valence-corrected chi connectivity index (χ0v) is 18.6. The second-order valence-corrected chi connectivity index (χ2v) is 9.48. The number of benzene rings is 3. The molecule has 0 aromatic heterocycles. The van der Waals surface area contributed by atoms with Gasteiger partial charge < -0.3 is 4.74 Å². The molecule has 0 saturated heterocycles. The minimum absolute atomic E-state index is 0.166. The first-order chi connectivity index (χ1) is 15.4. The van der Waals surface area contributed by atoms with Crippen LogP contribution < -0.4 is 0 Å². The lowest BCUT2D eigenvalue weighted by atomic mass is 9.97. The van der Waals surface area contributed by atoms with Crippen LogP contribution >= 0.6 is 0 Å². The van der Waals surface area contributed by atoms with Crippen LogP contribution in [0.4, 0.5) is 0 Å². The monoisotopic (exact) mass is 445 g/mol. The van der Waals surface area contributed by atoms with Crippen molar-refractivity contribution < 1.29 is 17.9 Å². The number of allylic oxidation sites excluding steroid dienone is 1. The molecule has 0 spiro atoms. The maximum Gasteiger partial charge on any atom is 0.343 e. The highest BCUT2D eigenvalue weighted by molar-refractivity contribution is 7.89. The van der Waals surface area contributed by atoms with Gasteiger partial charge in [0.15, 0.2) is 0 Å². The minimum Gasteiger partial charge on any atom is -0.421 e. The molecule has 6 heteroatoms. The van der Waals surface area contributed by atoms with Crippen molar-refractivity contribution in [1.82, 2.24) is 4.31 Å². The fourth-order valence-electron chi connectivity index (χ4n) is 3.62. The Balaban J connectivity index is 1.76. The average Bonchev–Trinajstić information content (AvgIpc) is 2.80. The number of aryl methyl sites for hydroxylation is 1. The Morgan fingerprint density at radius 3 is 2.06 bits per heavy atom. The zero-order chi connectivity index (χ0) is 22.7. The van der Waals surface area contributed by atoms with E-state index in [0.717, 1.165) is 16.7 Å². The highest BCUT2D eigenvalue weighted by Crippen LogP contribution is 2.38. The Bertz CT molecular complexity index is 1280. The summed E-state index contributed by atoms with van der Waals surface area (Å²) in [6.07, 6.45) is 3.10. The van der Waals surface area contributed by atoms with E-state index >= 15 is 0 Å². The molecule has 1 aliphatic heterocycles. The molecule has 5 nitrogen and oxygen atoms in total. The predicted molar refractivity (Wildman–Crippen MR) is 123 cm³/mol. The third-order valence-electron chi connectivity index (χ3n) is 5.24. The summed E-state index contributed by atoms with van der Waals surface area (Å²) in [6, 6.07) is 24.1. The Hall–Kier alpha value is -3.64. The fourth-order valence-corrected chi connectivity index (χ4v) is 5.15. The molecule has 3 aromatic rings. The van der Waals surface area contributed by atoms with Gasteiger partial charge in [0.05, 0.1) is 22.7 Å². The van der Waals surface area contributed by atoms with Gasteiger partial charge in [-0.15, -0.1) is 0 Å². The van der Waals surface area contributed by atoms with E-state index < -0.39 is 22.0 Å². The summed E-state index contributed by atoms with van der Waals surface area (Å²) in [7, 11) is -3.92. The molecule has 1 atom stereocenters. The van der Waals surface area contributed by atoms with Crippen molar-refractivity contribution in [1.29, 1.82) is 0 Å². The molecule has 162 valence electrons. The van der Waals surface area contributed by atoms with Crippen LogP contribution in [0.3, 0.4) is 0 Å². The molecule has 0 unspecified atom stereocenters. The number of sulfonamides is 1. The zero-order valence-electron chi connectivity index (χ0n) is 17.8. The number of esters is 1. The van der Waals surface area contributed by atoms with Crippen LogP contribution in [-0.4, -0.2) is 18.7 Å². The van der Waals surface area contributed by atoms with Crippen LogP contribution in [0.15, 0.2) is 113 Å². The number of carbonyl (C=O) groups is 1. The first-order valence-corrected chi connectivity index (χ1v) is 11.6. The highest BCUT2D eigenvalue weighted by atomic mass is 32.2. The van der Waals surface area contributed by atoms with Crippen molar-refractivity contribution in [2.45, 2.75) is 24.8 Å². The SMILES string of the molecule is CC1=CC(OC(=O)c2ccccc2)=CN(S(=O)(=O)c2ccc(C)cc2)[C@@H]1c1ccccc1. The topological polar surface area (TPSA) is 63.7 Å². The van der Waals surface area contributed by atoms with Crippen molar-refractivity contribution in [3.8, 4) is 0 Å². The van der Waals surface area contributed by atoms with Gasteiger partial charge in [-0.25, -0.2) is 13.2 Å². The molecular weight excluding hydrogens is 422 g/mol. The van der Waals surface area contributed by atoms with E-state index in [1.54, 1.807) is 60.7 Å². The van der Waals surface area contributed by atoms with Gasteiger partial charge in [0.2, 0.25) is 0 Å². The van der Waals surface area contributed by atoms with Crippen LogP contribution in [0.25, 0.3) is 0 Å². The van der Waals surface area contributed by atoms with E-state index in [0.29, 0.717) is 5.56 Å². The Morgan fingerprint density at radius 2 is 1.44 bits per heavy atom. The standard InChI is InChI=1S/C26H23NO4S/c1-19-13-15-24(16-14-19)32(29,30)27-18-23(31-26(28)22-11-7-4-8-12-22)17-20(2)25(27)21-9-5-3-6-10-21/h3-18,25H,1-2H3/t25-/m0/s1. The number of ether oxygens (including phenoxy) is 1. The lowest BCUT2D eigenvalue weighted by Gasteiger charge is -2.34. The first kappa shape index (κ1) is 21.6. The van der Waals surface area contributed by atoms with E-state index in [1.165, 1.54) is 10.5 Å². The van der Waals surface area contributed by atoms with Gasteiger partial charge in [-0.3, -0.25) is 4.31 Å². The lowest BCUT2D eigenvalue weighted by Crippen LogP contribution is -2.34. The van der Waals surface area contributed by atoms with Crippen LogP contribution in [0.1, 0.15) is 34.5 Å². The normalized spacial score (nSPS) is 16.2. The van der Waals surface area contributed by atoms with E-state index in [1.807, 2.05) is 44.2 Å². The third-order valence-corrected chi connectivity index (χ3v) is 6.98. The summed E-state index contributed by atoms with van der Waals surface area (Å²) >= 11 is 0. The molecule has 0 bridgehead atoms. The van der Waals surface area contributed by atoms with Gasteiger partial charge in [-0.1, -0.05) is 66.2 Å². The van der Waals surface area contributed by atoms with Gasteiger partial charge in [0, 0.05) is 0 Å². The van der Waals surface area contributed by atoms with Crippen molar-refractivity contribution in [2.75, 3.05) is 0 Å². The largest absolute Gasteiger partial charge is 0.421 e. The molecule has 0 N–H and O–H groups in total. The molecule has 1 heterocycles. The van der Waals surface area contributed by atoms with Crippen molar-refractivity contribution >= 4 is 16.0 Å². The number of nitrogens with zero attached hydrogens (tertiary/aromatic N) is 1. The second-order valence-electron chi connectivity index (χ2n) is 7.64. The Labute approximate surface area is 188 Å². The summed E-state index contributed by atoms with van der Waals surface area (Å²) in [4.78, 5) is 12.7. The van der Waals surface area contributed by atoms with E-state index in [4.69, 9.17) is 4.74 Å². The van der Waals surface area contributed by atoms with Gasteiger partial charge in [-0.2, -0.15) is 0 Å². The van der Waals surface area contributed by atoms with Gasteiger partial charge in [0.1, 0.15) is 5.76 Å². The third kappa shape index (κ3) is 4.36. The molecule has 0 saturated carbocycles. The molecule has 0 fully saturated rings. The van der Waals surface area contributed by atoms with Crippen molar-refractivity contribution in [2.24, 2.45) is 0 Å². The number of rotatable bonds is 5. The van der Waals surface area contributed by atoms with E-state index in [9.17, 15) is 13.2 Å². The Morgan fingerprint density at radius 1 is 0.844 bits per heavy atom. The second kappa shape index (κ2) is 8.85. The molecular formula is C26H23NO4S. The van der Waals surface area contributed by atoms with Gasteiger partial charge in [0.25, 0.3) is 10.0 Å². The van der Waals surface area contributed by atoms with Crippen LogP contribution in [0.2, 0.25) is 0 Å². The van der Waals surface area contributed by atoms with Crippen LogP contribution in [0, 0.1) is 6.92 Å². The lowest BCUT2D eigenvalue weighted by molar-refractivity contribution is 0.0630. The molecule has 0 aliphatic carbocycles. The van der Waals surface area contributed by atoms with E-state index in [-0.39, 0.29) is 10.7 Å². The number of hydrogen-bond donors (Lipinski definition) is 0. The molecule has 3 aromatic carbocycles. The smallest absolute Gasteiger partial charge is 0.343 e. The summed E-state index contributed by atoms with van der Waals surface area (Å²) in [5, 5.41) is 0. The van der Waals surface area contributed by atoms with Crippen molar-refractivity contribution in [3.05, 3.63) is 125 Å². The van der Waals surface area contributed by atoms with E-state index in [2.05, 4.69) is 0 Å². The molecule has 0 radical (unpaired) electrons. The Kier molecular flexibility index (Phi) is 5.97.